The summed E-state index contributed by atoms with van der Waals surface area (Å²) in [6, 6.07) is 12.1. The van der Waals surface area contributed by atoms with Crippen molar-refractivity contribution in [3.63, 3.8) is 0 Å². The van der Waals surface area contributed by atoms with Crippen LogP contribution in [0.2, 0.25) is 0 Å². The van der Waals surface area contributed by atoms with Crippen molar-refractivity contribution in [3.8, 4) is 5.69 Å². The maximum Gasteiger partial charge on any atom is 0.236 e. The van der Waals surface area contributed by atoms with Crippen LogP contribution in [0, 0.1) is 6.92 Å². The van der Waals surface area contributed by atoms with Crippen LogP contribution in [0.15, 0.2) is 47.7 Å². The topological polar surface area (TPSA) is 46.4 Å². The van der Waals surface area contributed by atoms with Crippen molar-refractivity contribution in [3.05, 3.63) is 53.9 Å². The van der Waals surface area contributed by atoms with Crippen molar-refractivity contribution in [1.29, 1.82) is 0 Å². The van der Waals surface area contributed by atoms with Crippen LogP contribution in [0.1, 0.15) is 18.2 Å². The predicted octanol–water partition coefficient (Wildman–Crippen LogP) is 2.26. The molecule has 0 aliphatic carbocycles. The van der Waals surface area contributed by atoms with Gasteiger partial charge in [-0.3, -0.25) is 4.79 Å². The zero-order chi connectivity index (χ0) is 13.0. The molecule has 4 nitrogen and oxygen atoms in total. The van der Waals surface area contributed by atoms with Gasteiger partial charge in [0.05, 0.1) is 6.21 Å². The fourth-order valence-corrected chi connectivity index (χ4v) is 1.73. The number of benzene rings is 1. The van der Waals surface area contributed by atoms with Gasteiger partial charge in [0.2, 0.25) is 5.91 Å². The number of para-hydroxylation sites is 1. The van der Waals surface area contributed by atoms with E-state index in [0.717, 1.165) is 16.9 Å². The van der Waals surface area contributed by atoms with Crippen molar-refractivity contribution in [1.82, 2.24) is 9.99 Å². The Bertz CT molecular complexity index is 570. The molecule has 18 heavy (non-hydrogen) atoms. The molecule has 1 amide bonds. The van der Waals surface area contributed by atoms with E-state index < -0.39 is 0 Å². The van der Waals surface area contributed by atoms with Crippen molar-refractivity contribution < 1.29 is 4.79 Å². The third-order valence-corrected chi connectivity index (χ3v) is 2.50. The molecule has 0 radical (unpaired) electrons. The number of carbonyl (C=O) groups excluding carboxylic acids is 1. The lowest BCUT2D eigenvalue weighted by molar-refractivity contribution is -0.118. The van der Waals surface area contributed by atoms with Crippen LogP contribution in [0.3, 0.4) is 0 Å². The van der Waals surface area contributed by atoms with E-state index in [1.165, 1.54) is 6.92 Å². The van der Waals surface area contributed by atoms with Crippen LogP contribution in [-0.4, -0.2) is 16.7 Å². The first-order valence-electron chi connectivity index (χ1n) is 5.71. The SMILES string of the molecule is CC(=O)N/N=C\c1cc(C)n(-c2ccccc2)c1. The number of aryl methyl sites for hydroxylation is 1. The minimum atomic E-state index is -0.175. The Morgan fingerprint density at radius 2 is 2.06 bits per heavy atom. The lowest BCUT2D eigenvalue weighted by Crippen LogP contribution is -2.12. The van der Waals surface area contributed by atoms with Gasteiger partial charge in [-0.1, -0.05) is 18.2 Å². The second-order valence-corrected chi connectivity index (χ2v) is 4.05. The summed E-state index contributed by atoms with van der Waals surface area (Å²) < 4.78 is 2.08. The largest absolute Gasteiger partial charge is 0.321 e. The minimum absolute atomic E-state index is 0.175. The summed E-state index contributed by atoms with van der Waals surface area (Å²) in [6.07, 6.45) is 3.61. The van der Waals surface area contributed by atoms with Crippen LogP contribution in [-0.2, 0) is 4.79 Å². The summed E-state index contributed by atoms with van der Waals surface area (Å²) in [5, 5.41) is 3.85. The molecule has 1 aromatic heterocycles. The van der Waals surface area contributed by atoms with Gasteiger partial charge in [-0.25, -0.2) is 5.43 Å². The number of carbonyl (C=O) groups is 1. The van der Waals surface area contributed by atoms with Crippen LogP contribution in [0.25, 0.3) is 5.69 Å². The number of nitrogens with zero attached hydrogens (tertiary/aromatic N) is 2. The Balaban J connectivity index is 2.22. The molecule has 1 aromatic carbocycles. The van der Waals surface area contributed by atoms with Gasteiger partial charge in [-0.15, -0.1) is 0 Å². The standard InChI is InChI=1S/C14H15N3O/c1-11-8-13(9-15-16-12(2)18)10-17(11)14-6-4-3-5-7-14/h3-10H,1-2H3,(H,16,18)/b15-9-. The van der Waals surface area contributed by atoms with E-state index in [1.807, 2.05) is 49.5 Å². The molecule has 0 fully saturated rings. The summed E-state index contributed by atoms with van der Waals surface area (Å²) in [5.74, 6) is -0.175. The van der Waals surface area contributed by atoms with E-state index in [9.17, 15) is 4.79 Å². The molecule has 92 valence electrons. The van der Waals surface area contributed by atoms with Gasteiger partial charge in [-0.05, 0) is 25.1 Å². The van der Waals surface area contributed by atoms with Crippen LogP contribution in [0.5, 0.6) is 0 Å². The smallest absolute Gasteiger partial charge is 0.236 e. The van der Waals surface area contributed by atoms with Crippen molar-refractivity contribution in [2.45, 2.75) is 13.8 Å². The van der Waals surface area contributed by atoms with Crippen molar-refractivity contribution in [2.24, 2.45) is 5.10 Å². The molecule has 0 saturated carbocycles. The highest BCUT2D eigenvalue weighted by molar-refractivity contribution is 5.82. The highest BCUT2D eigenvalue weighted by atomic mass is 16.2. The van der Waals surface area contributed by atoms with E-state index in [0.29, 0.717) is 0 Å². The van der Waals surface area contributed by atoms with E-state index in [2.05, 4.69) is 15.1 Å². The van der Waals surface area contributed by atoms with E-state index in [4.69, 9.17) is 0 Å². The summed E-state index contributed by atoms with van der Waals surface area (Å²) in [5.41, 5.74) is 5.55. The van der Waals surface area contributed by atoms with E-state index in [-0.39, 0.29) is 5.91 Å². The number of hydrogen-bond donors (Lipinski definition) is 1. The second-order valence-electron chi connectivity index (χ2n) is 4.05. The van der Waals surface area contributed by atoms with Gasteiger partial charge in [0.1, 0.15) is 0 Å². The molecule has 0 atom stereocenters. The van der Waals surface area contributed by atoms with Gasteiger partial charge in [0, 0.05) is 30.1 Å². The molecular formula is C14H15N3O. The van der Waals surface area contributed by atoms with Crippen molar-refractivity contribution >= 4 is 12.1 Å². The number of aromatic nitrogens is 1. The maximum absolute atomic E-state index is 10.7. The predicted molar refractivity (Wildman–Crippen MR) is 71.9 cm³/mol. The average Bonchev–Trinajstić information content (AvgIpc) is 2.71. The third kappa shape index (κ3) is 2.85. The Morgan fingerprint density at radius 3 is 2.72 bits per heavy atom. The molecule has 0 spiro atoms. The quantitative estimate of drug-likeness (QED) is 0.650. The monoisotopic (exact) mass is 241 g/mol. The summed E-state index contributed by atoms with van der Waals surface area (Å²) in [7, 11) is 0. The first-order chi connectivity index (χ1) is 8.66. The first kappa shape index (κ1) is 12.1. The molecule has 0 bridgehead atoms. The van der Waals surface area contributed by atoms with Gasteiger partial charge >= 0.3 is 0 Å². The molecule has 2 rings (SSSR count). The summed E-state index contributed by atoms with van der Waals surface area (Å²) in [6.45, 7) is 3.46. The molecule has 1 heterocycles. The maximum atomic E-state index is 10.7. The number of amides is 1. The van der Waals surface area contributed by atoms with Crippen molar-refractivity contribution in [2.75, 3.05) is 0 Å². The molecule has 0 saturated heterocycles. The highest BCUT2D eigenvalue weighted by Gasteiger charge is 2.02. The van der Waals surface area contributed by atoms with Crippen LogP contribution < -0.4 is 5.43 Å². The van der Waals surface area contributed by atoms with Gasteiger partial charge in [-0.2, -0.15) is 5.10 Å². The minimum Gasteiger partial charge on any atom is -0.321 e. The molecule has 0 aliphatic heterocycles. The zero-order valence-corrected chi connectivity index (χ0v) is 10.4. The molecule has 0 unspecified atom stereocenters. The molecular weight excluding hydrogens is 226 g/mol. The second kappa shape index (κ2) is 5.31. The van der Waals surface area contributed by atoms with Crippen LogP contribution >= 0.6 is 0 Å². The Kier molecular flexibility index (Phi) is 3.57. The summed E-state index contributed by atoms with van der Waals surface area (Å²) >= 11 is 0. The fraction of sp³-hybridized carbons (Fsp3) is 0.143. The zero-order valence-electron chi connectivity index (χ0n) is 10.4. The van der Waals surface area contributed by atoms with Gasteiger partial charge in [0.15, 0.2) is 0 Å². The molecule has 2 aromatic rings. The Labute approximate surface area is 106 Å². The normalized spacial score (nSPS) is 10.8. The summed E-state index contributed by atoms with van der Waals surface area (Å²) in [4.78, 5) is 10.7. The van der Waals surface area contributed by atoms with E-state index >= 15 is 0 Å². The highest BCUT2D eigenvalue weighted by Crippen LogP contribution is 2.13. The number of hydrogen-bond acceptors (Lipinski definition) is 2. The fourth-order valence-electron chi connectivity index (χ4n) is 1.73. The number of rotatable bonds is 3. The number of nitrogens with one attached hydrogen (secondary N) is 1. The lowest BCUT2D eigenvalue weighted by atomic mass is 10.3. The first-order valence-corrected chi connectivity index (χ1v) is 5.71. The third-order valence-electron chi connectivity index (χ3n) is 2.50. The average molecular weight is 241 g/mol. The molecule has 4 heteroatoms. The molecule has 0 aliphatic rings. The Hall–Kier alpha value is -2.36. The van der Waals surface area contributed by atoms with Crippen LogP contribution in [0.4, 0.5) is 0 Å². The molecule has 1 N–H and O–H groups in total. The number of hydrazone groups is 1. The Morgan fingerprint density at radius 1 is 1.33 bits per heavy atom. The lowest BCUT2D eigenvalue weighted by Gasteiger charge is -2.04. The van der Waals surface area contributed by atoms with E-state index in [1.54, 1.807) is 6.21 Å². The van der Waals surface area contributed by atoms with Gasteiger partial charge < -0.3 is 4.57 Å². The van der Waals surface area contributed by atoms with Gasteiger partial charge in [0.25, 0.3) is 0 Å².